The molecule has 0 saturated heterocycles. The van der Waals surface area contributed by atoms with E-state index in [-0.39, 0.29) is 11.5 Å². The number of fused-ring (bicyclic) bond motifs is 2. The fraction of sp³-hybridized carbons (Fsp3) is 0.450. The minimum atomic E-state index is -0.197. The number of benzene rings is 1. The zero-order valence-electron chi connectivity index (χ0n) is 16.4. The van der Waals surface area contributed by atoms with Gasteiger partial charge in [0.25, 0.3) is 11.5 Å². The predicted molar refractivity (Wildman–Crippen MR) is 113 cm³/mol. The van der Waals surface area contributed by atoms with E-state index in [1.165, 1.54) is 0 Å². The van der Waals surface area contributed by atoms with Gasteiger partial charge in [0, 0.05) is 38.5 Å². The zero-order chi connectivity index (χ0) is 20.4. The maximum atomic E-state index is 12.9. The van der Waals surface area contributed by atoms with E-state index in [2.05, 4.69) is 15.5 Å². The molecule has 3 aromatic rings. The summed E-state index contributed by atoms with van der Waals surface area (Å²) in [6.45, 7) is 1.15. The Balaban J connectivity index is 1.54. The van der Waals surface area contributed by atoms with Crippen LogP contribution in [0, 0.1) is 4.77 Å². The molecule has 29 heavy (non-hydrogen) atoms. The number of aromatic amines is 1. The topological polar surface area (TPSA) is 97.6 Å². The Bertz CT molecular complexity index is 1180. The third-order valence-electron chi connectivity index (χ3n) is 5.44. The van der Waals surface area contributed by atoms with E-state index in [0.717, 1.165) is 50.3 Å². The summed E-state index contributed by atoms with van der Waals surface area (Å²) in [6.07, 6.45) is 5.71. The fourth-order valence-corrected chi connectivity index (χ4v) is 3.88. The van der Waals surface area contributed by atoms with Gasteiger partial charge in [0.1, 0.15) is 11.6 Å². The average molecular weight is 413 g/mol. The maximum absolute atomic E-state index is 12.9. The molecule has 0 bridgehead atoms. The summed E-state index contributed by atoms with van der Waals surface area (Å²) in [5.41, 5.74) is 1.07. The first-order valence-corrected chi connectivity index (χ1v) is 10.4. The third kappa shape index (κ3) is 4.00. The Hall–Kier alpha value is -2.81. The van der Waals surface area contributed by atoms with E-state index in [9.17, 15) is 9.59 Å². The highest BCUT2D eigenvalue weighted by molar-refractivity contribution is 7.71. The molecule has 1 amide bonds. The number of amides is 1. The van der Waals surface area contributed by atoms with Crippen LogP contribution in [0.4, 0.5) is 0 Å². The second-order valence-electron chi connectivity index (χ2n) is 7.39. The van der Waals surface area contributed by atoms with Crippen molar-refractivity contribution in [3.8, 4) is 0 Å². The highest BCUT2D eigenvalue weighted by atomic mass is 32.1. The standard InChI is InChI=1S/C20H24N6O2S/c1-25-17(23-24-20(25)29)9-10-21-18(27)13-7-8-14-15(12-13)22-16-6-4-2-3-5-11-26(16)19(14)28/h7-8,12H,2-6,9-11H2,1H3,(H,21,27)(H,24,29). The van der Waals surface area contributed by atoms with Gasteiger partial charge < -0.3 is 9.88 Å². The van der Waals surface area contributed by atoms with Crippen LogP contribution in [0.5, 0.6) is 0 Å². The molecule has 0 atom stereocenters. The van der Waals surface area contributed by atoms with Crippen molar-refractivity contribution in [3.05, 3.63) is 50.5 Å². The number of carbonyl (C=O) groups excluding carboxylic acids is 1. The van der Waals surface area contributed by atoms with Crippen LogP contribution in [-0.2, 0) is 26.4 Å². The van der Waals surface area contributed by atoms with Crippen LogP contribution >= 0.6 is 12.2 Å². The van der Waals surface area contributed by atoms with Crippen molar-refractivity contribution < 1.29 is 4.79 Å². The molecule has 2 N–H and O–H groups in total. The zero-order valence-corrected chi connectivity index (χ0v) is 17.2. The Kier molecular flexibility index (Phi) is 5.57. The summed E-state index contributed by atoms with van der Waals surface area (Å²) in [5.74, 6) is 1.41. The lowest BCUT2D eigenvalue weighted by Crippen LogP contribution is -2.28. The van der Waals surface area contributed by atoms with E-state index >= 15 is 0 Å². The first kappa shape index (κ1) is 19.5. The number of nitrogens with zero attached hydrogens (tertiary/aromatic N) is 4. The fourth-order valence-electron chi connectivity index (χ4n) is 3.73. The van der Waals surface area contributed by atoms with Crippen LogP contribution in [0.3, 0.4) is 0 Å². The highest BCUT2D eigenvalue weighted by Gasteiger charge is 2.15. The Morgan fingerprint density at radius 3 is 2.90 bits per heavy atom. The van der Waals surface area contributed by atoms with Gasteiger partial charge in [-0.2, -0.15) is 5.10 Å². The van der Waals surface area contributed by atoms with Gasteiger partial charge in [-0.25, -0.2) is 4.98 Å². The van der Waals surface area contributed by atoms with Gasteiger partial charge in [-0.1, -0.05) is 12.8 Å². The van der Waals surface area contributed by atoms with E-state index in [1.807, 2.05) is 7.05 Å². The average Bonchev–Trinajstić information content (AvgIpc) is 3.01. The van der Waals surface area contributed by atoms with Gasteiger partial charge >= 0.3 is 0 Å². The molecule has 0 radical (unpaired) electrons. The van der Waals surface area contributed by atoms with Crippen LogP contribution in [0.1, 0.15) is 47.7 Å². The smallest absolute Gasteiger partial charge is 0.261 e. The Morgan fingerprint density at radius 1 is 1.28 bits per heavy atom. The minimum absolute atomic E-state index is 0.00962. The molecular weight excluding hydrogens is 388 g/mol. The molecule has 1 aliphatic heterocycles. The molecule has 0 saturated carbocycles. The highest BCUT2D eigenvalue weighted by Crippen LogP contribution is 2.16. The lowest BCUT2D eigenvalue weighted by atomic mass is 10.1. The summed E-state index contributed by atoms with van der Waals surface area (Å²) in [7, 11) is 1.83. The van der Waals surface area contributed by atoms with E-state index < -0.39 is 0 Å². The number of aryl methyl sites for hydroxylation is 1. The maximum Gasteiger partial charge on any atom is 0.261 e. The molecule has 4 rings (SSSR count). The monoisotopic (exact) mass is 412 g/mol. The number of rotatable bonds is 4. The number of aromatic nitrogens is 5. The molecule has 2 aromatic heterocycles. The molecule has 8 nitrogen and oxygen atoms in total. The molecule has 152 valence electrons. The van der Waals surface area contributed by atoms with Gasteiger partial charge in [0.05, 0.1) is 10.9 Å². The predicted octanol–water partition coefficient (Wildman–Crippen LogP) is 2.28. The molecule has 1 aromatic carbocycles. The van der Waals surface area contributed by atoms with Crippen molar-refractivity contribution in [2.45, 2.75) is 45.1 Å². The van der Waals surface area contributed by atoms with Crippen molar-refractivity contribution in [2.24, 2.45) is 7.05 Å². The second kappa shape index (κ2) is 8.28. The van der Waals surface area contributed by atoms with Crippen LogP contribution in [0.25, 0.3) is 10.9 Å². The van der Waals surface area contributed by atoms with Crippen molar-refractivity contribution >= 4 is 29.0 Å². The summed E-state index contributed by atoms with van der Waals surface area (Å²) >= 11 is 5.09. The summed E-state index contributed by atoms with van der Waals surface area (Å²) < 4.78 is 4.13. The van der Waals surface area contributed by atoms with Gasteiger partial charge in [-0.15, -0.1) is 0 Å². The first-order chi connectivity index (χ1) is 14.0. The Morgan fingerprint density at radius 2 is 2.10 bits per heavy atom. The molecule has 0 unspecified atom stereocenters. The van der Waals surface area contributed by atoms with E-state index in [1.54, 1.807) is 27.3 Å². The number of nitrogens with one attached hydrogen (secondary N) is 2. The molecule has 0 spiro atoms. The lowest BCUT2D eigenvalue weighted by molar-refractivity contribution is 0.0954. The number of hydrogen-bond acceptors (Lipinski definition) is 5. The van der Waals surface area contributed by atoms with Gasteiger partial charge in [0.15, 0.2) is 4.77 Å². The van der Waals surface area contributed by atoms with Gasteiger partial charge in [-0.3, -0.25) is 19.3 Å². The summed E-state index contributed by atoms with van der Waals surface area (Å²) in [5, 5.41) is 10.3. The normalized spacial score (nSPS) is 14.2. The molecular formula is C20H24N6O2S. The van der Waals surface area contributed by atoms with E-state index in [4.69, 9.17) is 17.2 Å². The molecule has 3 heterocycles. The minimum Gasteiger partial charge on any atom is -0.352 e. The van der Waals surface area contributed by atoms with E-state index in [0.29, 0.717) is 34.2 Å². The largest absolute Gasteiger partial charge is 0.352 e. The van der Waals surface area contributed by atoms with Crippen molar-refractivity contribution in [1.82, 2.24) is 29.6 Å². The first-order valence-electron chi connectivity index (χ1n) is 9.96. The van der Waals surface area contributed by atoms with Crippen LogP contribution in [-0.4, -0.2) is 36.8 Å². The molecule has 1 aliphatic rings. The second-order valence-corrected chi connectivity index (χ2v) is 7.78. The lowest BCUT2D eigenvalue weighted by Gasteiger charge is -2.16. The van der Waals surface area contributed by atoms with Gasteiger partial charge in [-0.05, 0) is 43.3 Å². The number of H-pyrrole nitrogens is 1. The number of hydrogen-bond donors (Lipinski definition) is 2. The van der Waals surface area contributed by atoms with Crippen LogP contribution in [0.15, 0.2) is 23.0 Å². The summed E-state index contributed by atoms with van der Waals surface area (Å²) in [6, 6.07) is 5.11. The Labute approximate surface area is 173 Å². The summed E-state index contributed by atoms with van der Waals surface area (Å²) in [4.78, 5) is 30.2. The van der Waals surface area contributed by atoms with Crippen LogP contribution < -0.4 is 10.9 Å². The van der Waals surface area contributed by atoms with Crippen molar-refractivity contribution in [2.75, 3.05) is 6.54 Å². The molecule has 0 fully saturated rings. The van der Waals surface area contributed by atoms with Crippen LogP contribution in [0.2, 0.25) is 0 Å². The molecule has 9 heteroatoms. The SMILES string of the molecule is Cn1c(CCNC(=O)c2ccc3c(=O)n4c(nc3c2)CCCCCC4)n[nH]c1=S. The quantitative estimate of drug-likeness (QED) is 0.641. The van der Waals surface area contributed by atoms with Crippen molar-refractivity contribution in [3.63, 3.8) is 0 Å². The van der Waals surface area contributed by atoms with Crippen molar-refractivity contribution in [1.29, 1.82) is 0 Å². The third-order valence-corrected chi connectivity index (χ3v) is 5.80. The molecule has 0 aliphatic carbocycles. The number of carbonyl (C=O) groups is 1. The van der Waals surface area contributed by atoms with Gasteiger partial charge in [0.2, 0.25) is 0 Å².